The summed E-state index contributed by atoms with van der Waals surface area (Å²) in [5.74, 6) is -0.837. The largest absolute Gasteiger partial charge is 0.480 e. The zero-order valence-corrected chi connectivity index (χ0v) is 12.0. The van der Waals surface area contributed by atoms with Crippen LogP contribution < -0.4 is 5.32 Å². The van der Waals surface area contributed by atoms with E-state index in [2.05, 4.69) is 24.1 Å². The van der Waals surface area contributed by atoms with Crippen LogP contribution in [0.4, 0.5) is 0 Å². The molecule has 0 aliphatic rings. The predicted molar refractivity (Wildman–Crippen MR) is 77.2 cm³/mol. The van der Waals surface area contributed by atoms with Crippen molar-refractivity contribution >= 4 is 5.97 Å². The fourth-order valence-corrected chi connectivity index (χ4v) is 2.34. The number of hydrogen-bond donors (Lipinski definition) is 2. The van der Waals surface area contributed by atoms with E-state index in [0.717, 1.165) is 25.1 Å². The van der Waals surface area contributed by atoms with E-state index in [4.69, 9.17) is 0 Å². The van der Waals surface area contributed by atoms with Crippen LogP contribution in [0.1, 0.15) is 25.8 Å². The Labute approximate surface area is 115 Å². The highest BCUT2D eigenvalue weighted by Gasteiger charge is 2.40. The van der Waals surface area contributed by atoms with Crippen molar-refractivity contribution in [2.75, 3.05) is 26.7 Å². The van der Waals surface area contributed by atoms with Crippen molar-refractivity contribution in [3.05, 3.63) is 35.9 Å². The molecule has 0 saturated carbocycles. The smallest absolute Gasteiger partial charge is 0.329 e. The number of carbonyl (C=O) groups is 1. The Kier molecular flexibility index (Phi) is 5.99. The molecule has 0 bridgehead atoms. The van der Waals surface area contributed by atoms with Gasteiger partial charge in [-0.25, -0.2) is 4.79 Å². The molecule has 1 atom stereocenters. The topological polar surface area (TPSA) is 52.6 Å². The first-order valence-corrected chi connectivity index (χ1v) is 6.80. The third-order valence-corrected chi connectivity index (χ3v) is 3.51. The van der Waals surface area contributed by atoms with Gasteiger partial charge in [0.15, 0.2) is 5.54 Å². The summed E-state index contributed by atoms with van der Waals surface area (Å²) >= 11 is 0. The van der Waals surface area contributed by atoms with Gasteiger partial charge in [-0.1, -0.05) is 44.2 Å². The lowest BCUT2D eigenvalue weighted by Crippen LogP contribution is -2.55. The molecule has 1 aromatic rings. The van der Waals surface area contributed by atoms with Crippen LogP contribution in [0, 0.1) is 0 Å². The zero-order chi connectivity index (χ0) is 14.3. The molecule has 0 radical (unpaired) electrons. The lowest BCUT2D eigenvalue weighted by molar-refractivity contribution is -0.146. The Morgan fingerprint density at radius 2 is 1.95 bits per heavy atom. The molecular formula is C15H24N2O2. The summed E-state index contributed by atoms with van der Waals surface area (Å²) in [7, 11) is 1.71. The van der Waals surface area contributed by atoms with Gasteiger partial charge in [0.2, 0.25) is 0 Å². The van der Waals surface area contributed by atoms with Gasteiger partial charge in [0.05, 0.1) is 0 Å². The molecule has 19 heavy (non-hydrogen) atoms. The highest BCUT2D eigenvalue weighted by Crippen LogP contribution is 2.23. The normalized spacial score (nSPS) is 14.3. The van der Waals surface area contributed by atoms with E-state index in [-0.39, 0.29) is 0 Å². The van der Waals surface area contributed by atoms with Crippen molar-refractivity contribution in [2.45, 2.75) is 25.8 Å². The molecule has 0 fully saturated rings. The molecule has 0 heterocycles. The van der Waals surface area contributed by atoms with Crippen molar-refractivity contribution in [2.24, 2.45) is 0 Å². The Balaban J connectivity index is 3.09. The van der Waals surface area contributed by atoms with Gasteiger partial charge in [0.25, 0.3) is 0 Å². The Hall–Kier alpha value is -1.39. The van der Waals surface area contributed by atoms with Gasteiger partial charge in [-0.05, 0) is 32.1 Å². The van der Waals surface area contributed by atoms with Crippen molar-refractivity contribution in [3.63, 3.8) is 0 Å². The molecule has 106 valence electrons. The number of carboxylic acids is 1. The van der Waals surface area contributed by atoms with Gasteiger partial charge in [-0.3, -0.25) is 0 Å². The minimum Gasteiger partial charge on any atom is -0.480 e. The standard InChI is InChI=1S/C15H24N2O2/c1-4-11-17(5-2)12-15(16-3,14(18)19)13-9-7-6-8-10-13/h6-10,16H,4-5,11-12H2,1-3H3,(H,18,19). The van der Waals surface area contributed by atoms with E-state index < -0.39 is 11.5 Å². The highest BCUT2D eigenvalue weighted by molar-refractivity contribution is 5.81. The molecule has 1 aromatic carbocycles. The number of aliphatic carboxylic acids is 1. The molecule has 4 heteroatoms. The second-order valence-electron chi connectivity index (χ2n) is 4.70. The summed E-state index contributed by atoms with van der Waals surface area (Å²) in [5, 5.41) is 12.7. The van der Waals surface area contributed by atoms with E-state index >= 15 is 0 Å². The van der Waals surface area contributed by atoms with Crippen molar-refractivity contribution in [1.82, 2.24) is 10.2 Å². The second-order valence-corrected chi connectivity index (χ2v) is 4.70. The molecule has 0 amide bonds. The average molecular weight is 264 g/mol. The second kappa shape index (κ2) is 7.26. The minimum absolute atomic E-state index is 0.465. The number of rotatable bonds is 8. The maximum atomic E-state index is 11.8. The maximum absolute atomic E-state index is 11.8. The van der Waals surface area contributed by atoms with Gasteiger partial charge < -0.3 is 15.3 Å². The van der Waals surface area contributed by atoms with Crippen LogP contribution in [0.3, 0.4) is 0 Å². The SMILES string of the molecule is CCCN(CC)CC(NC)(C(=O)O)c1ccccc1. The zero-order valence-electron chi connectivity index (χ0n) is 12.0. The van der Waals surface area contributed by atoms with Crippen LogP contribution in [0.15, 0.2) is 30.3 Å². The van der Waals surface area contributed by atoms with Crippen LogP contribution in [0.5, 0.6) is 0 Å². The first kappa shape index (κ1) is 15.7. The molecule has 0 saturated heterocycles. The Bertz CT molecular complexity index is 394. The lowest BCUT2D eigenvalue weighted by Gasteiger charge is -2.35. The fourth-order valence-electron chi connectivity index (χ4n) is 2.34. The van der Waals surface area contributed by atoms with Crippen molar-refractivity contribution in [1.29, 1.82) is 0 Å². The molecule has 2 N–H and O–H groups in total. The van der Waals surface area contributed by atoms with Crippen LogP contribution in [-0.2, 0) is 10.3 Å². The quantitative estimate of drug-likeness (QED) is 0.753. The summed E-state index contributed by atoms with van der Waals surface area (Å²) in [6.45, 7) is 6.38. The van der Waals surface area contributed by atoms with Gasteiger partial charge >= 0.3 is 5.97 Å². The number of carboxylic acid groups (broad SMARTS) is 1. The van der Waals surface area contributed by atoms with E-state index in [9.17, 15) is 9.90 Å². The number of likely N-dealkylation sites (N-methyl/N-ethyl adjacent to an activating group) is 2. The predicted octanol–water partition coefficient (Wildman–Crippen LogP) is 1.92. The summed E-state index contributed by atoms with van der Waals surface area (Å²) in [4.78, 5) is 14.0. The Morgan fingerprint density at radius 3 is 2.37 bits per heavy atom. The Morgan fingerprint density at radius 1 is 1.32 bits per heavy atom. The van der Waals surface area contributed by atoms with Crippen LogP contribution in [0.25, 0.3) is 0 Å². The summed E-state index contributed by atoms with van der Waals surface area (Å²) < 4.78 is 0. The van der Waals surface area contributed by atoms with E-state index in [0.29, 0.717) is 6.54 Å². The average Bonchev–Trinajstić information content (AvgIpc) is 2.44. The maximum Gasteiger partial charge on any atom is 0.329 e. The third-order valence-electron chi connectivity index (χ3n) is 3.51. The van der Waals surface area contributed by atoms with Crippen LogP contribution >= 0.6 is 0 Å². The number of hydrogen-bond acceptors (Lipinski definition) is 3. The number of benzene rings is 1. The van der Waals surface area contributed by atoms with Crippen molar-refractivity contribution in [3.8, 4) is 0 Å². The van der Waals surface area contributed by atoms with E-state index in [1.54, 1.807) is 7.05 Å². The minimum atomic E-state index is -1.05. The first-order chi connectivity index (χ1) is 9.10. The molecule has 0 aliphatic carbocycles. The summed E-state index contributed by atoms with van der Waals surface area (Å²) in [6, 6.07) is 9.38. The molecule has 0 spiro atoms. The molecule has 0 aliphatic heterocycles. The molecule has 1 unspecified atom stereocenters. The summed E-state index contributed by atoms with van der Waals surface area (Å²) in [6.07, 6.45) is 1.02. The van der Waals surface area contributed by atoms with Gasteiger partial charge in [0.1, 0.15) is 0 Å². The van der Waals surface area contributed by atoms with Crippen LogP contribution in [0.2, 0.25) is 0 Å². The molecule has 0 aromatic heterocycles. The molecular weight excluding hydrogens is 240 g/mol. The number of nitrogens with one attached hydrogen (secondary N) is 1. The number of nitrogens with zero attached hydrogens (tertiary/aromatic N) is 1. The highest BCUT2D eigenvalue weighted by atomic mass is 16.4. The van der Waals surface area contributed by atoms with Gasteiger partial charge in [-0.15, -0.1) is 0 Å². The third kappa shape index (κ3) is 3.55. The molecule has 1 rings (SSSR count). The lowest BCUT2D eigenvalue weighted by atomic mass is 9.89. The molecule has 4 nitrogen and oxygen atoms in total. The monoisotopic (exact) mass is 264 g/mol. The van der Waals surface area contributed by atoms with Gasteiger partial charge in [-0.2, -0.15) is 0 Å². The van der Waals surface area contributed by atoms with E-state index in [1.165, 1.54) is 0 Å². The van der Waals surface area contributed by atoms with E-state index in [1.807, 2.05) is 30.3 Å². The fraction of sp³-hybridized carbons (Fsp3) is 0.533. The van der Waals surface area contributed by atoms with Crippen LogP contribution in [-0.4, -0.2) is 42.7 Å². The van der Waals surface area contributed by atoms with Crippen molar-refractivity contribution < 1.29 is 9.90 Å². The van der Waals surface area contributed by atoms with Gasteiger partial charge in [0, 0.05) is 6.54 Å². The summed E-state index contributed by atoms with van der Waals surface area (Å²) in [5.41, 5.74) is -0.258. The first-order valence-electron chi connectivity index (χ1n) is 6.80.